The number of halogens is 3. The summed E-state index contributed by atoms with van der Waals surface area (Å²) in [5.41, 5.74) is 2.64. The molecular weight excluding hydrogens is 501 g/mol. The Balaban J connectivity index is 1.54. The lowest BCUT2D eigenvalue weighted by atomic mass is 9.89. The first-order valence-corrected chi connectivity index (χ1v) is 11.8. The Morgan fingerprint density at radius 2 is 1.89 bits per heavy atom. The first kappa shape index (κ1) is 26.6. The average molecular weight is 527 g/mol. The number of hydrogen-bond donors (Lipinski definition) is 1. The van der Waals surface area contributed by atoms with Gasteiger partial charge in [0.2, 0.25) is 5.91 Å². The number of alkyl halides is 3. The number of hydrogen-bond acceptors (Lipinski definition) is 6. The Morgan fingerprint density at radius 3 is 2.53 bits per heavy atom. The Labute approximate surface area is 217 Å². The normalized spacial score (nSPS) is 15.6. The van der Waals surface area contributed by atoms with Crippen LogP contribution < -0.4 is 14.8 Å². The van der Waals surface area contributed by atoms with E-state index < -0.39 is 12.1 Å². The maximum Gasteiger partial charge on any atom is 0.573 e. The molecule has 0 fully saturated rings. The van der Waals surface area contributed by atoms with Gasteiger partial charge in [-0.3, -0.25) is 14.6 Å². The zero-order valence-corrected chi connectivity index (χ0v) is 20.7. The lowest BCUT2D eigenvalue weighted by Gasteiger charge is -2.29. The minimum atomic E-state index is -4.89. The van der Waals surface area contributed by atoms with Gasteiger partial charge in [-0.15, -0.1) is 13.2 Å². The summed E-state index contributed by atoms with van der Waals surface area (Å²) in [5, 5.41) is 8.62. The SMILES string of the molecule is CCC1CC(=O)N(Cc2ccc(NC(=O)c3cccnc3)cc2)N=C1c1ccc(OC)c(OC(F)(F)F)c1. The summed E-state index contributed by atoms with van der Waals surface area (Å²) >= 11 is 0. The fourth-order valence-corrected chi connectivity index (χ4v) is 4.04. The summed E-state index contributed by atoms with van der Waals surface area (Å²) in [5.74, 6) is -1.32. The van der Waals surface area contributed by atoms with Gasteiger partial charge in [0.1, 0.15) is 0 Å². The number of anilines is 1. The molecule has 4 rings (SSSR count). The van der Waals surface area contributed by atoms with Gasteiger partial charge < -0.3 is 14.8 Å². The summed E-state index contributed by atoms with van der Waals surface area (Å²) in [6.45, 7) is 2.04. The number of amides is 2. The van der Waals surface area contributed by atoms with Crippen LogP contribution >= 0.6 is 0 Å². The van der Waals surface area contributed by atoms with Crippen LogP contribution in [0, 0.1) is 5.92 Å². The van der Waals surface area contributed by atoms with Crippen molar-refractivity contribution >= 4 is 23.2 Å². The lowest BCUT2D eigenvalue weighted by Crippen LogP contribution is -2.36. The van der Waals surface area contributed by atoms with E-state index in [1.54, 1.807) is 48.7 Å². The van der Waals surface area contributed by atoms with E-state index in [4.69, 9.17) is 4.74 Å². The smallest absolute Gasteiger partial charge is 0.493 e. The highest BCUT2D eigenvalue weighted by Gasteiger charge is 2.34. The zero-order valence-electron chi connectivity index (χ0n) is 20.7. The number of benzene rings is 2. The average Bonchev–Trinajstić information content (AvgIpc) is 2.90. The molecule has 0 saturated heterocycles. The van der Waals surface area contributed by atoms with Crippen molar-refractivity contribution in [2.45, 2.75) is 32.7 Å². The summed E-state index contributed by atoms with van der Waals surface area (Å²) < 4.78 is 47.9. The molecule has 1 atom stereocenters. The van der Waals surface area contributed by atoms with Crippen molar-refractivity contribution in [3.8, 4) is 11.5 Å². The van der Waals surface area contributed by atoms with Crippen molar-refractivity contribution in [3.63, 3.8) is 0 Å². The Hall–Kier alpha value is -4.41. The van der Waals surface area contributed by atoms with Gasteiger partial charge in [-0.1, -0.05) is 19.1 Å². The third kappa shape index (κ3) is 6.47. The van der Waals surface area contributed by atoms with Crippen molar-refractivity contribution in [3.05, 3.63) is 83.7 Å². The van der Waals surface area contributed by atoms with Crippen LogP contribution in [0.5, 0.6) is 11.5 Å². The van der Waals surface area contributed by atoms with Crippen LogP contribution in [0.15, 0.2) is 72.1 Å². The molecule has 1 aliphatic heterocycles. The third-order valence-electron chi connectivity index (χ3n) is 5.97. The van der Waals surface area contributed by atoms with E-state index in [1.807, 2.05) is 6.92 Å². The van der Waals surface area contributed by atoms with Gasteiger partial charge in [-0.25, -0.2) is 5.01 Å². The Morgan fingerprint density at radius 1 is 1.13 bits per heavy atom. The van der Waals surface area contributed by atoms with Crippen LogP contribution in [0.25, 0.3) is 0 Å². The van der Waals surface area contributed by atoms with Gasteiger partial charge in [-0.2, -0.15) is 5.10 Å². The largest absolute Gasteiger partial charge is 0.573 e. The van der Waals surface area contributed by atoms with Crippen molar-refractivity contribution in [2.75, 3.05) is 12.4 Å². The second kappa shape index (κ2) is 11.3. The summed E-state index contributed by atoms with van der Waals surface area (Å²) in [6.07, 6.45) is -1.11. The number of carbonyl (C=O) groups is 2. The molecule has 1 aromatic heterocycles. The molecule has 0 saturated carbocycles. The Bertz CT molecular complexity index is 1330. The number of hydrazone groups is 1. The predicted molar refractivity (Wildman–Crippen MR) is 134 cm³/mol. The van der Waals surface area contributed by atoms with E-state index in [0.29, 0.717) is 28.9 Å². The second-order valence-corrected chi connectivity index (χ2v) is 8.55. The van der Waals surface area contributed by atoms with E-state index in [9.17, 15) is 22.8 Å². The molecule has 1 N–H and O–H groups in total. The van der Waals surface area contributed by atoms with E-state index in [0.717, 1.165) is 5.56 Å². The van der Waals surface area contributed by atoms with Gasteiger partial charge in [0.15, 0.2) is 11.5 Å². The standard InChI is InChI=1S/C27H25F3N4O4/c1-3-18-14-24(35)34(33-25(18)19-8-11-22(37-2)23(13-19)38-27(28,29)30)16-17-6-9-21(10-7-17)32-26(36)20-5-4-12-31-15-20/h4-13,15,18H,3,14,16H2,1-2H3,(H,32,36). The van der Waals surface area contributed by atoms with E-state index in [2.05, 4.69) is 20.1 Å². The second-order valence-electron chi connectivity index (χ2n) is 8.55. The van der Waals surface area contributed by atoms with Crippen LogP contribution in [0.3, 0.4) is 0 Å². The summed E-state index contributed by atoms with van der Waals surface area (Å²) in [4.78, 5) is 29.1. The molecule has 2 heterocycles. The molecule has 0 bridgehead atoms. The quantitative estimate of drug-likeness (QED) is 0.424. The minimum Gasteiger partial charge on any atom is -0.493 e. The number of nitrogens with one attached hydrogen (secondary N) is 1. The highest BCUT2D eigenvalue weighted by molar-refractivity contribution is 6.06. The molecule has 0 spiro atoms. The molecule has 1 unspecified atom stereocenters. The highest BCUT2D eigenvalue weighted by Crippen LogP contribution is 2.35. The molecule has 0 radical (unpaired) electrons. The van der Waals surface area contributed by atoms with E-state index in [1.165, 1.54) is 30.4 Å². The molecule has 8 nitrogen and oxygen atoms in total. The third-order valence-corrected chi connectivity index (χ3v) is 5.97. The van der Waals surface area contributed by atoms with E-state index in [-0.39, 0.29) is 36.4 Å². The molecule has 0 aliphatic carbocycles. The van der Waals surface area contributed by atoms with Gasteiger partial charge in [0.05, 0.1) is 24.9 Å². The fraction of sp³-hybridized carbons (Fsp3) is 0.259. The first-order valence-electron chi connectivity index (χ1n) is 11.8. The maximum absolute atomic E-state index is 12.9. The van der Waals surface area contributed by atoms with Crippen LogP contribution in [0.4, 0.5) is 18.9 Å². The highest BCUT2D eigenvalue weighted by atomic mass is 19.4. The summed E-state index contributed by atoms with van der Waals surface area (Å²) in [7, 11) is 1.25. The van der Waals surface area contributed by atoms with Gasteiger partial charge in [-0.05, 0) is 54.4 Å². The zero-order chi connectivity index (χ0) is 27.3. The summed E-state index contributed by atoms with van der Waals surface area (Å²) in [6, 6.07) is 14.5. The number of carbonyl (C=O) groups excluding carboxylic acids is 2. The number of ether oxygens (including phenoxy) is 2. The van der Waals surface area contributed by atoms with Crippen LogP contribution in [0.2, 0.25) is 0 Å². The minimum absolute atomic E-state index is 0.0702. The fourth-order valence-electron chi connectivity index (χ4n) is 4.04. The van der Waals surface area contributed by atoms with Crippen molar-refractivity contribution < 1.29 is 32.2 Å². The van der Waals surface area contributed by atoms with Gasteiger partial charge in [0, 0.05) is 36.0 Å². The molecule has 11 heteroatoms. The van der Waals surface area contributed by atoms with Gasteiger partial charge >= 0.3 is 6.36 Å². The molecule has 3 aromatic rings. The van der Waals surface area contributed by atoms with Crippen molar-refractivity contribution in [1.29, 1.82) is 0 Å². The van der Waals surface area contributed by atoms with Crippen LogP contribution in [-0.4, -0.2) is 41.0 Å². The number of rotatable bonds is 8. The van der Waals surface area contributed by atoms with Crippen molar-refractivity contribution in [2.24, 2.45) is 11.0 Å². The topological polar surface area (TPSA) is 93.1 Å². The van der Waals surface area contributed by atoms with Crippen molar-refractivity contribution in [1.82, 2.24) is 9.99 Å². The monoisotopic (exact) mass is 526 g/mol. The number of nitrogens with zero attached hydrogens (tertiary/aromatic N) is 3. The molecule has 198 valence electrons. The maximum atomic E-state index is 12.9. The van der Waals surface area contributed by atoms with Gasteiger partial charge in [0.25, 0.3) is 5.91 Å². The van der Waals surface area contributed by atoms with Crippen LogP contribution in [0.1, 0.15) is 41.3 Å². The molecule has 1 aliphatic rings. The molecule has 2 aromatic carbocycles. The first-order chi connectivity index (χ1) is 18.2. The number of pyridine rings is 1. The predicted octanol–water partition coefficient (Wildman–Crippen LogP) is 5.40. The lowest BCUT2D eigenvalue weighted by molar-refractivity contribution is -0.275. The van der Waals surface area contributed by atoms with Crippen LogP contribution in [-0.2, 0) is 11.3 Å². The number of aromatic nitrogens is 1. The van der Waals surface area contributed by atoms with E-state index >= 15 is 0 Å². The molecule has 2 amide bonds. The Kier molecular flexibility index (Phi) is 7.94. The number of methoxy groups -OCH3 is 1. The molecule has 38 heavy (non-hydrogen) atoms. The molecular formula is C27H25F3N4O4.